The lowest BCUT2D eigenvalue weighted by Gasteiger charge is -2.23. The van der Waals surface area contributed by atoms with Crippen LogP contribution in [0, 0.1) is 5.82 Å². The number of carboxylic acids is 1. The van der Waals surface area contributed by atoms with E-state index in [2.05, 4.69) is 0 Å². The smallest absolute Gasteiger partial charge is 0.335 e. The van der Waals surface area contributed by atoms with Gasteiger partial charge >= 0.3 is 5.97 Å². The molecule has 0 atom stereocenters. The molecule has 0 radical (unpaired) electrons. The van der Waals surface area contributed by atoms with Crippen LogP contribution in [0.15, 0.2) is 18.2 Å². The summed E-state index contributed by atoms with van der Waals surface area (Å²) in [6, 6.07) is 3.95. The van der Waals surface area contributed by atoms with Gasteiger partial charge in [-0.2, -0.15) is 0 Å². The van der Waals surface area contributed by atoms with Crippen molar-refractivity contribution < 1.29 is 14.3 Å². The minimum absolute atomic E-state index is 0.0281. The SMILES string of the molecule is C[N+](C)(C)c1ccc(C(=O)O)cc1F. The molecule has 0 aliphatic heterocycles. The monoisotopic (exact) mass is 198 g/mol. The number of halogens is 1. The Labute approximate surface area is 82.0 Å². The van der Waals surface area contributed by atoms with Gasteiger partial charge in [-0.25, -0.2) is 9.18 Å². The van der Waals surface area contributed by atoms with E-state index in [1.54, 1.807) is 0 Å². The second-order valence-corrected chi connectivity index (χ2v) is 3.98. The van der Waals surface area contributed by atoms with Crippen molar-refractivity contribution in [1.29, 1.82) is 0 Å². The number of benzene rings is 1. The van der Waals surface area contributed by atoms with Crippen molar-refractivity contribution in [3.8, 4) is 0 Å². The fourth-order valence-electron chi connectivity index (χ4n) is 1.18. The lowest BCUT2D eigenvalue weighted by Crippen LogP contribution is -2.35. The van der Waals surface area contributed by atoms with Crippen molar-refractivity contribution in [3.05, 3.63) is 29.6 Å². The molecule has 1 aromatic rings. The van der Waals surface area contributed by atoms with E-state index in [4.69, 9.17) is 5.11 Å². The lowest BCUT2D eigenvalue weighted by molar-refractivity contribution is 0.0696. The van der Waals surface area contributed by atoms with Crippen molar-refractivity contribution >= 4 is 11.7 Å². The van der Waals surface area contributed by atoms with Gasteiger partial charge < -0.3 is 5.11 Å². The maximum absolute atomic E-state index is 13.4. The minimum atomic E-state index is -1.11. The molecule has 0 bridgehead atoms. The summed E-state index contributed by atoms with van der Waals surface area (Å²) < 4.78 is 13.8. The van der Waals surface area contributed by atoms with Gasteiger partial charge in [0.15, 0.2) is 11.5 Å². The molecule has 3 nitrogen and oxygen atoms in total. The van der Waals surface area contributed by atoms with Gasteiger partial charge in [-0.15, -0.1) is 0 Å². The largest absolute Gasteiger partial charge is 0.478 e. The van der Waals surface area contributed by atoms with Gasteiger partial charge in [0.05, 0.1) is 26.7 Å². The van der Waals surface area contributed by atoms with Crippen molar-refractivity contribution in [1.82, 2.24) is 4.48 Å². The van der Waals surface area contributed by atoms with Gasteiger partial charge in [-0.3, -0.25) is 4.48 Å². The zero-order chi connectivity index (χ0) is 10.9. The predicted octanol–water partition coefficient (Wildman–Crippen LogP) is 1.72. The molecule has 76 valence electrons. The number of nitrogens with zero attached hydrogens (tertiary/aromatic N) is 1. The van der Waals surface area contributed by atoms with E-state index in [1.807, 2.05) is 21.1 Å². The minimum Gasteiger partial charge on any atom is -0.478 e. The van der Waals surface area contributed by atoms with Crippen LogP contribution in [0.5, 0.6) is 0 Å². The molecule has 0 amide bonds. The Bertz CT molecular complexity index is 369. The Morgan fingerprint density at radius 3 is 2.29 bits per heavy atom. The Morgan fingerprint density at radius 1 is 1.36 bits per heavy atom. The molecule has 0 fully saturated rings. The molecule has 0 aromatic heterocycles. The van der Waals surface area contributed by atoms with Crippen LogP contribution in [-0.4, -0.2) is 32.2 Å². The second kappa shape index (κ2) is 3.38. The average molecular weight is 198 g/mol. The van der Waals surface area contributed by atoms with Gasteiger partial charge in [0.2, 0.25) is 0 Å². The quantitative estimate of drug-likeness (QED) is 0.735. The molecule has 1 N–H and O–H groups in total. The molecule has 4 heteroatoms. The van der Waals surface area contributed by atoms with Crippen LogP contribution in [0.1, 0.15) is 10.4 Å². The summed E-state index contributed by atoms with van der Waals surface area (Å²) in [5, 5.41) is 8.63. The van der Waals surface area contributed by atoms with Crippen LogP contribution in [-0.2, 0) is 0 Å². The van der Waals surface area contributed by atoms with Crippen LogP contribution in [0.2, 0.25) is 0 Å². The van der Waals surface area contributed by atoms with E-state index in [0.717, 1.165) is 6.07 Å². The number of hydrogen-bond donors (Lipinski definition) is 1. The highest BCUT2D eigenvalue weighted by Crippen LogP contribution is 2.22. The average Bonchev–Trinajstić information content (AvgIpc) is 2.01. The van der Waals surface area contributed by atoms with E-state index in [1.165, 1.54) is 12.1 Å². The summed E-state index contributed by atoms with van der Waals surface area (Å²) >= 11 is 0. The first kappa shape index (κ1) is 10.7. The Kier molecular flexibility index (Phi) is 2.57. The van der Waals surface area contributed by atoms with Gasteiger partial charge in [0.25, 0.3) is 0 Å². The molecule has 0 spiro atoms. The first-order valence-electron chi connectivity index (χ1n) is 4.17. The molecule has 0 saturated carbocycles. The highest BCUT2D eigenvalue weighted by molar-refractivity contribution is 5.88. The first-order chi connectivity index (χ1) is 6.32. The lowest BCUT2D eigenvalue weighted by atomic mass is 10.2. The maximum atomic E-state index is 13.4. The van der Waals surface area contributed by atoms with E-state index >= 15 is 0 Å². The van der Waals surface area contributed by atoms with Crippen molar-refractivity contribution in [2.24, 2.45) is 0 Å². The van der Waals surface area contributed by atoms with Crippen LogP contribution in [0.3, 0.4) is 0 Å². The number of carboxylic acid groups (broad SMARTS) is 1. The Balaban J connectivity index is 3.21. The fourth-order valence-corrected chi connectivity index (χ4v) is 1.18. The highest BCUT2D eigenvalue weighted by Gasteiger charge is 2.19. The third-order valence-electron chi connectivity index (χ3n) is 1.92. The van der Waals surface area contributed by atoms with Gasteiger partial charge in [0, 0.05) is 6.07 Å². The summed E-state index contributed by atoms with van der Waals surface area (Å²) in [6.45, 7) is 0. The number of rotatable bonds is 2. The molecule has 0 aliphatic rings. The Morgan fingerprint density at radius 2 is 1.93 bits per heavy atom. The predicted molar refractivity (Wildman–Crippen MR) is 52.9 cm³/mol. The molecular weight excluding hydrogens is 185 g/mol. The first-order valence-corrected chi connectivity index (χ1v) is 4.17. The van der Waals surface area contributed by atoms with E-state index in [-0.39, 0.29) is 5.56 Å². The van der Waals surface area contributed by atoms with E-state index in [9.17, 15) is 9.18 Å². The molecule has 14 heavy (non-hydrogen) atoms. The van der Waals surface area contributed by atoms with Crippen molar-refractivity contribution in [2.45, 2.75) is 0 Å². The molecule has 0 aliphatic carbocycles. The van der Waals surface area contributed by atoms with Crippen LogP contribution < -0.4 is 4.48 Å². The third kappa shape index (κ3) is 2.09. The topological polar surface area (TPSA) is 37.3 Å². The zero-order valence-electron chi connectivity index (χ0n) is 8.41. The number of carbonyl (C=O) groups is 1. The van der Waals surface area contributed by atoms with Crippen molar-refractivity contribution in [3.63, 3.8) is 0 Å². The van der Waals surface area contributed by atoms with Crippen LogP contribution in [0.4, 0.5) is 10.1 Å². The zero-order valence-corrected chi connectivity index (χ0v) is 8.41. The number of quaternary nitrogens is 1. The summed E-state index contributed by atoms with van der Waals surface area (Å²) in [5.74, 6) is -1.60. The normalized spacial score (nSPS) is 11.4. The van der Waals surface area contributed by atoms with E-state index in [0.29, 0.717) is 10.2 Å². The summed E-state index contributed by atoms with van der Waals surface area (Å²) in [6.07, 6.45) is 0. The molecular formula is C10H13FNO2+. The van der Waals surface area contributed by atoms with Crippen molar-refractivity contribution in [2.75, 3.05) is 21.1 Å². The maximum Gasteiger partial charge on any atom is 0.335 e. The second-order valence-electron chi connectivity index (χ2n) is 3.98. The van der Waals surface area contributed by atoms with E-state index < -0.39 is 11.8 Å². The van der Waals surface area contributed by atoms with Crippen LogP contribution >= 0.6 is 0 Å². The molecule has 1 aromatic carbocycles. The molecule has 0 unspecified atom stereocenters. The summed E-state index contributed by atoms with van der Waals surface area (Å²) in [5.41, 5.74) is 0.440. The standard InChI is InChI=1S/C10H12FNO2/c1-12(2,3)9-5-4-7(10(13)14)6-8(9)11/h4-6H,1-3H3/p+1. The van der Waals surface area contributed by atoms with Gasteiger partial charge in [-0.05, 0) is 12.1 Å². The summed E-state index contributed by atoms with van der Waals surface area (Å²) in [7, 11) is 5.45. The molecule has 0 heterocycles. The Hall–Kier alpha value is -1.42. The van der Waals surface area contributed by atoms with Gasteiger partial charge in [-0.1, -0.05) is 0 Å². The number of hydrogen-bond acceptors (Lipinski definition) is 1. The molecule has 1 rings (SSSR count). The summed E-state index contributed by atoms with van der Waals surface area (Å²) in [4.78, 5) is 10.5. The fraction of sp³-hybridized carbons (Fsp3) is 0.300. The molecule has 0 saturated heterocycles. The highest BCUT2D eigenvalue weighted by atomic mass is 19.1. The third-order valence-corrected chi connectivity index (χ3v) is 1.92. The van der Waals surface area contributed by atoms with Crippen LogP contribution in [0.25, 0.3) is 0 Å². The van der Waals surface area contributed by atoms with Gasteiger partial charge in [0.1, 0.15) is 0 Å². The number of aromatic carboxylic acids is 1.